The number of carbonyl (C=O) groups excluding carboxylic acids is 1. The number of rotatable bonds is 6. The van der Waals surface area contributed by atoms with E-state index in [1.807, 2.05) is 17.0 Å². The Labute approximate surface area is 165 Å². The molecule has 2 aliphatic rings. The van der Waals surface area contributed by atoms with Crippen molar-refractivity contribution in [2.75, 3.05) is 6.54 Å². The van der Waals surface area contributed by atoms with Gasteiger partial charge in [0.2, 0.25) is 5.91 Å². The van der Waals surface area contributed by atoms with Gasteiger partial charge in [-0.2, -0.15) is 0 Å². The molecule has 0 N–H and O–H groups in total. The maximum atomic E-state index is 13.2. The molecule has 1 aliphatic carbocycles. The van der Waals surface area contributed by atoms with E-state index in [0.29, 0.717) is 19.5 Å². The predicted octanol–water partition coefficient (Wildman–Crippen LogP) is 4.46. The summed E-state index contributed by atoms with van der Waals surface area (Å²) in [4.78, 5) is 20.5. The van der Waals surface area contributed by atoms with Crippen molar-refractivity contribution in [2.45, 2.75) is 45.3 Å². The highest BCUT2D eigenvalue weighted by atomic mass is 19.1. The van der Waals surface area contributed by atoms with Crippen molar-refractivity contribution < 1.29 is 14.0 Å². The minimum atomic E-state index is -0.268. The first kappa shape index (κ1) is 18.7. The first-order chi connectivity index (χ1) is 13.6. The molecule has 0 radical (unpaired) electrons. The fourth-order valence-electron chi connectivity index (χ4n) is 3.78. The smallest absolute Gasteiger partial charge is 0.226 e. The average Bonchev–Trinajstić information content (AvgIpc) is 3.10. The topological polar surface area (TPSA) is 41.9 Å². The third kappa shape index (κ3) is 4.08. The second kappa shape index (κ2) is 8.13. The summed E-state index contributed by atoms with van der Waals surface area (Å²) < 4.78 is 13.2. The Kier molecular flexibility index (Phi) is 5.42. The molecule has 1 heterocycles. The minimum absolute atomic E-state index is 0.110. The molecule has 28 heavy (non-hydrogen) atoms. The van der Waals surface area contributed by atoms with Gasteiger partial charge in [-0.3, -0.25) is 4.79 Å². The summed E-state index contributed by atoms with van der Waals surface area (Å²) in [6.07, 6.45) is 3.55. The highest BCUT2D eigenvalue weighted by Gasteiger charge is 2.33. The summed E-state index contributed by atoms with van der Waals surface area (Å²) in [5.74, 6) is 0.0122. The molecule has 1 atom stereocenters. The van der Waals surface area contributed by atoms with E-state index < -0.39 is 0 Å². The molecule has 0 spiro atoms. The van der Waals surface area contributed by atoms with E-state index in [1.54, 1.807) is 12.1 Å². The second-order valence-corrected chi connectivity index (χ2v) is 7.76. The highest BCUT2D eigenvalue weighted by molar-refractivity contribution is 6.02. The number of oxime groups is 1. The van der Waals surface area contributed by atoms with Crippen molar-refractivity contribution >= 4 is 11.6 Å². The Balaban J connectivity index is 1.44. The van der Waals surface area contributed by atoms with E-state index in [4.69, 9.17) is 4.84 Å². The fourth-order valence-corrected chi connectivity index (χ4v) is 3.78. The van der Waals surface area contributed by atoms with Gasteiger partial charge in [0.25, 0.3) is 0 Å². The van der Waals surface area contributed by atoms with E-state index in [0.717, 1.165) is 36.1 Å². The van der Waals surface area contributed by atoms with Gasteiger partial charge in [-0.1, -0.05) is 48.0 Å². The van der Waals surface area contributed by atoms with Gasteiger partial charge in [-0.05, 0) is 43.0 Å². The lowest BCUT2D eigenvalue weighted by molar-refractivity contribution is -0.140. The molecule has 1 saturated carbocycles. The quantitative estimate of drug-likeness (QED) is 0.743. The SMILES string of the molecule is Cc1ccccc1C1=NO[C@@H](CN(Cc2ccc(F)cc2)C(=O)C2CCC2)C1. The maximum absolute atomic E-state index is 13.2. The average molecular weight is 380 g/mol. The van der Waals surface area contributed by atoms with Crippen LogP contribution >= 0.6 is 0 Å². The zero-order chi connectivity index (χ0) is 19.5. The van der Waals surface area contributed by atoms with Gasteiger partial charge >= 0.3 is 0 Å². The summed E-state index contributed by atoms with van der Waals surface area (Å²) in [5.41, 5.74) is 4.12. The maximum Gasteiger partial charge on any atom is 0.226 e. The van der Waals surface area contributed by atoms with Crippen molar-refractivity contribution in [3.8, 4) is 0 Å². The lowest BCUT2D eigenvalue weighted by atomic mass is 9.84. The van der Waals surface area contributed by atoms with E-state index in [-0.39, 0.29) is 23.7 Å². The molecule has 1 fully saturated rings. The van der Waals surface area contributed by atoms with Gasteiger partial charge in [0.05, 0.1) is 12.3 Å². The van der Waals surface area contributed by atoms with Crippen LogP contribution in [0.5, 0.6) is 0 Å². The third-order valence-electron chi connectivity index (χ3n) is 5.67. The number of benzene rings is 2. The van der Waals surface area contributed by atoms with Crippen LogP contribution in [0.2, 0.25) is 0 Å². The van der Waals surface area contributed by atoms with Crippen molar-refractivity contribution in [1.82, 2.24) is 4.90 Å². The highest BCUT2D eigenvalue weighted by Crippen LogP contribution is 2.30. The number of carbonyl (C=O) groups is 1. The van der Waals surface area contributed by atoms with E-state index in [1.165, 1.54) is 17.7 Å². The van der Waals surface area contributed by atoms with Crippen LogP contribution in [0.4, 0.5) is 4.39 Å². The molecule has 146 valence electrons. The molecular formula is C23H25FN2O2. The van der Waals surface area contributed by atoms with E-state index >= 15 is 0 Å². The summed E-state index contributed by atoms with van der Waals surface area (Å²) in [5, 5.41) is 4.29. The Morgan fingerprint density at radius 1 is 1.18 bits per heavy atom. The molecule has 5 heteroatoms. The van der Waals surface area contributed by atoms with Crippen LogP contribution in [0.1, 0.15) is 42.4 Å². The van der Waals surface area contributed by atoms with E-state index in [9.17, 15) is 9.18 Å². The van der Waals surface area contributed by atoms with Crippen LogP contribution in [0, 0.1) is 18.7 Å². The number of hydrogen-bond donors (Lipinski definition) is 0. The summed E-state index contributed by atoms with van der Waals surface area (Å²) in [6.45, 7) is 3.02. The first-order valence-corrected chi connectivity index (χ1v) is 9.92. The molecule has 2 aromatic rings. The zero-order valence-electron chi connectivity index (χ0n) is 16.1. The third-order valence-corrected chi connectivity index (χ3v) is 5.67. The van der Waals surface area contributed by atoms with Crippen molar-refractivity contribution in [1.29, 1.82) is 0 Å². The van der Waals surface area contributed by atoms with Gasteiger partial charge in [-0.15, -0.1) is 0 Å². The number of amides is 1. The minimum Gasteiger partial charge on any atom is -0.390 e. The molecule has 4 nitrogen and oxygen atoms in total. The van der Waals surface area contributed by atoms with Gasteiger partial charge in [0.1, 0.15) is 5.82 Å². The van der Waals surface area contributed by atoms with Crippen LogP contribution in [-0.2, 0) is 16.2 Å². The van der Waals surface area contributed by atoms with Gasteiger partial charge in [0, 0.05) is 24.4 Å². The summed E-state index contributed by atoms with van der Waals surface area (Å²) in [6, 6.07) is 14.5. The zero-order valence-corrected chi connectivity index (χ0v) is 16.1. The summed E-state index contributed by atoms with van der Waals surface area (Å²) >= 11 is 0. The van der Waals surface area contributed by atoms with Gasteiger partial charge < -0.3 is 9.74 Å². The largest absolute Gasteiger partial charge is 0.390 e. The first-order valence-electron chi connectivity index (χ1n) is 9.92. The molecule has 4 rings (SSSR count). The second-order valence-electron chi connectivity index (χ2n) is 7.76. The van der Waals surface area contributed by atoms with Crippen molar-refractivity contribution in [2.24, 2.45) is 11.1 Å². The van der Waals surface area contributed by atoms with Gasteiger partial charge in [0.15, 0.2) is 6.10 Å². The van der Waals surface area contributed by atoms with Crippen LogP contribution in [0.3, 0.4) is 0 Å². The number of nitrogens with zero attached hydrogens (tertiary/aromatic N) is 2. The Morgan fingerprint density at radius 3 is 2.61 bits per heavy atom. The lowest BCUT2D eigenvalue weighted by Crippen LogP contribution is -2.42. The number of halogens is 1. The standard InChI is InChI=1S/C23H25FN2O2/c1-16-5-2-3-8-21(16)22-13-20(28-25-22)15-26(23(27)18-6-4-7-18)14-17-9-11-19(24)12-10-17/h2-3,5,8-12,18,20H,4,6-7,13-15H2,1H3/t20-/m1/s1. The van der Waals surface area contributed by atoms with Crippen LogP contribution in [0.25, 0.3) is 0 Å². The van der Waals surface area contributed by atoms with E-state index in [2.05, 4.69) is 24.2 Å². The van der Waals surface area contributed by atoms with Gasteiger partial charge in [-0.25, -0.2) is 4.39 Å². The van der Waals surface area contributed by atoms with Crippen molar-refractivity contribution in [3.05, 3.63) is 71.0 Å². The molecule has 0 aromatic heterocycles. The van der Waals surface area contributed by atoms with Crippen molar-refractivity contribution in [3.63, 3.8) is 0 Å². The molecule has 0 unspecified atom stereocenters. The normalized spacial score (nSPS) is 18.9. The van der Waals surface area contributed by atoms with Crippen LogP contribution < -0.4 is 0 Å². The Hall–Kier alpha value is -2.69. The lowest BCUT2D eigenvalue weighted by Gasteiger charge is -2.32. The molecule has 1 amide bonds. The Bertz CT molecular complexity index is 874. The van der Waals surface area contributed by atoms with Crippen LogP contribution in [-0.4, -0.2) is 29.2 Å². The monoisotopic (exact) mass is 380 g/mol. The fraction of sp³-hybridized carbons (Fsp3) is 0.391. The number of hydrogen-bond acceptors (Lipinski definition) is 3. The predicted molar refractivity (Wildman–Crippen MR) is 106 cm³/mol. The molecule has 0 saturated heterocycles. The molecule has 1 aliphatic heterocycles. The van der Waals surface area contributed by atoms with Crippen LogP contribution in [0.15, 0.2) is 53.7 Å². The molecular weight excluding hydrogens is 355 g/mol. The number of aryl methyl sites for hydroxylation is 1. The molecule has 2 aromatic carbocycles. The molecule has 0 bridgehead atoms. The summed E-state index contributed by atoms with van der Waals surface area (Å²) in [7, 11) is 0. The Morgan fingerprint density at radius 2 is 1.93 bits per heavy atom.